The lowest BCUT2D eigenvalue weighted by Gasteiger charge is -2.23. The van der Waals surface area contributed by atoms with Crippen LogP contribution in [-0.4, -0.2) is 49.4 Å². The zero-order chi connectivity index (χ0) is 14.4. The van der Waals surface area contributed by atoms with Crippen LogP contribution in [0.25, 0.3) is 0 Å². The van der Waals surface area contributed by atoms with Gasteiger partial charge in [0.2, 0.25) is 5.91 Å². The molecule has 0 spiro atoms. The maximum Gasteiger partial charge on any atom is 0.252 e. The van der Waals surface area contributed by atoms with Gasteiger partial charge in [-0.05, 0) is 30.8 Å². The fourth-order valence-corrected chi connectivity index (χ4v) is 2.92. The third kappa shape index (κ3) is 4.05. The molecular weight excluding hydrogens is 274 g/mol. The summed E-state index contributed by atoms with van der Waals surface area (Å²) in [6.07, 6.45) is 2.19. The average Bonchev–Trinajstić information content (AvgIpc) is 3.14. The predicted octanol–water partition coefficient (Wildman–Crippen LogP) is 1.08. The summed E-state index contributed by atoms with van der Waals surface area (Å²) in [5.74, 6) is 0.0931. The van der Waals surface area contributed by atoms with Crippen LogP contribution < -0.4 is 10.6 Å². The second-order valence-electron chi connectivity index (χ2n) is 5.02. The lowest BCUT2D eigenvalue weighted by Crippen LogP contribution is -2.38. The Hall–Kier alpha value is -1.40. The van der Waals surface area contributed by atoms with E-state index in [1.807, 2.05) is 22.7 Å². The number of nitrogens with one attached hydrogen (secondary N) is 2. The average molecular weight is 295 g/mol. The standard InChI is InChI=1S/C14H21N3O2S/c1-17(12-4-7-15-9-12)13(18)3-2-6-16-14(19)11-5-8-20-10-11/h5,8,10,12,15H,2-4,6-7,9H2,1H3,(H,16,19). The Labute approximate surface area is 123 Å². The van der Waals surface area contributed by atoms with Crippen LogP contribution in [0, 0.1) is 0 Å². The summed E-state index contributed by atoms with van der Waals surface area (Å²) in [6, 6.07) is 2.12. The highest BCUT2D eigenvalue weighted by Gasteiger charge is 2.22. The highest BCUT2D eigenvalue weighted by Crippen LogP contribution is 2.09. The van der Waals surface area contributed by atoms with E-state index in [1.54, 1.807) is 6.07 Å². The van der Waals surface area contributed by atoms with Gasteiger partial charge in [0.25, 0.3) is 5.91 Å². The second-order valence-corrected chi connectivity index (χ2v) is 5.80. The summed E-state index contributed by atoms with van der Waals surface area (Å²) in [6.45, 7) is 2.41. The second kappa shape index (κ2) is 7.40. The van der Waals surface area contributed by atoms with Crippen LogP contribution in [-0.2, 0) is 4.79 Å². The summed E-state index contributed by atoms with van der Waals surface area (Å²) < 4.78 is 0. The molecule has 20 heavy (non-hydrogen) atoms. The van der Waals surface area contributed by atoms with Crippen molar-refractivity contribution in [1.82, 2.24) is 15.5 Å². The highest BCUT2D eigenvalue weighted by atomic mass is 32.1. The van der Waals surface area contributed by atoms with Crippen molar-refractivity contribution in [3.05, 3.63) is 22.4 Å². The van der Waals surface area contributed by atoms with Crippen molar-refractivity contribution < 1.29 is 9.59 Å². The van der Waals surface area contributed by atoms with E-state index in [0.717, 1.165) is 19.5 Å². The number of thiophene rings is 1. The van der Waals surface area contributed by atoms with E-state index >= 15 is 0 Å². The van der Waals surface area contributed by atoms with Crippen LogP contribution in [0.5, 0.6) is 0 Å². The minimum Gasteiger partial charge on any atom is -0.352 e. The van der Waals surface area contributed by atoms with Gasteiger partial charge in [-0.2, -0.15) is 11.3 Å². The van der Waals surface area contributed by atoms with E-state index in [4.69, 9.17) is 0 Å². The van der Waals surface area contributed by atoms with E-state index in [1.165, 1.54) is 11.3 Å². The Bertz CT molecular complexity index is 441. The molecule has 0 saturated carbocycles. The Morgan fingerprint density at radius 2 is 2.40 bits per heavy atom. The van der Waals surface area contributed by atoms with Crippen molar-refractivity contribution in [1.29, 1.82) is 0 Å². The lowest BCUT2D eigenvalue weighted by atomic mass is 10.2. The van der Waals surface area contributed by atoms with Gasteiger partial charge in [0.1, 0.15) is 0 Å². The molecule has 2 N–H and O–H groups in total. The first-order chi connectivity index (χ1) is 9.68. The molecule has 2 amide bonds. The van der Waals surface area contributed by atoms with Crippen LogP contribution in [0.2, 0.25) is 0 Å². The van der Waals surface area contributed by atoms with Gasteiger partial charge < -0.3 is 15.5 Å². The molecule has 2 rings (SSSR count). The largest absolute Gasteiger partial charge is 0.352 e. The van der Waals surface area contributed by atoms with Gasteiger partial charge >= 0.3 is 0 Å². The molecule has 5 nitrogen and oxygen atoms in total. The molecule has 1 aliphatic heterocycles. The van der Waals surface area contributed by atoms with Crippen molar-refractivity contribution in [2.45, 2.75) is 25.3 Å². The van der Waals surface area contributed by atoms with Gasteiger partial charge in [0.05, 0.1) is 0 Å². The molecule has 110 valence electrons. The number of carbonyl (C=O) groups excluding carboxylic acids is 2. The molecule has 1 fully saturated rings. The first-order valence-electron chi connectivity index (χ1n) is 6.95. The zero-order valence-electron chi connectivity index (χ0n) is 11.7. The Balaban J connectivity index is 1.63. The number of carbonyl (C=O) groups is 2. The van der Waals surface area contributed by atoms with Gasteiger partial charge in [-0.3, -0.25) is 9.59 Å². The maximum absolute atomic E-state index is 12.0. The summed E-state index contributed by atoms with van der Waals surface area (Å²) in [5.41, 5.74) is 0.690. The molecule has 2 heterocycles. The maximum atomic E-state index is 12.0. The summed E-state index contributed by atoms with van der Waals surface area (Å²) in [5, 5.41) is 9.79. The summed E-state index contributed by atoms with van der Waals surface area (Å²) in [7, 11) is 1.87. The molecule has 1 atom stereocenters. The number of likely N-dealkylation sites (N-methyl/N-ethyl adjacent to an activating group) is 1. The van der Waals surface area contributed by atoms with Crippen molar-refractivity contribution >= 4 is 23.2 Å². The van der Waals surface area contributed by atoms with Crippen LogP contribution in [0.3, 0.4) is 0 Å². The Morgan fingerprint density at radius 3 is 3.05 bits per heavy atom. The molecule has 1 aromatic rings. The van der Waals surface area contributed by atoms with E-state index in [9.17, 15) is 9.59 Å². The summed E-state index contributed by atoms with van der Waals surface area (Å²) in [4.78, 5) is 25.5. The summed E-state index contributed by atoms with van der Waals surface area (Å²) >= 11 is 1.50. The van der Waals surface area contributed by atoms with Gasteiger partial charge in [-0.25, -0.2) is 0 Å². The van der Waals surface area contributed by atoms with Gasteiger partial charge in [0.15, 0.2) is 0 Å². The molecule has 6 heteroatoms. The topological polar surface area (TPSA) is 61.4 Å². The number of hydrogen-bond donors (Lipinski definition) is 2. The minimum absolute atomic E-state index is 0.0629. The molecule has 0 aromatic carbocycles. The molecule has 1 aromatic heterocycles. The molecule has 1 saturated heterocycles. The van der Waals surface area contributed by atoms with Crippen molar-refractivity contribution in [2.75, 3.05) is 26.7 Å². The van der Waals surface area contributed by atoms with Crippen molar-refractivity contribution in [3.8, 4) is 0 Å². The van der Waals surface area contributed by atoms with Gasteiger partial charge in [-0.1, -0.05) is 0 Å². The fourth-order valence-electron chi connectivity index (χ4n) is 2.29. The highest BCUT2D eigenvalue weighted by molar-refractivity contribution is 7.08. The molecule has 1 unspecified atom stereocenters. The monoisotopic (exact) mass is 295 g/mol. The minimum atomic E-state index is -0.0629. The molecule has 0 bridgehead atoms. The Kier molecular flexibility index (Phi) is 5.55. The fraction of sp³-hybridized carbons (Fsp3) is 0.571. The smallest absolute Gasteiger partial charge is 0.252 e. The number of rotatable bonds is 6. The first kappa shape index (κ1) is 15.0. The first-order valence-corrected chi connectivity index (χ1v) is 7.89. The zero-order valence-corrected chi connectivity index (χ0v) is 12.5. The molecule has 0 radical (unpaired) electrons. The van der Waals surface area contributed by atoms with Crippen LogP contribution in [0.1, 0.15) is 29.6 Å². The number of amides is 2. The van der Waals surface area contributed by atoms with Crippen LogP contribution >= 0.6 is 11.3 Å². The normalized spacial score (nSPS) is 17.9. The lowest BCUT2D eigenvalue weighted by molar-refractivity contribution is -0.131. The third-order valence-corrected chi connectivity index (χ3v) is 4.29. The quantitative estimate of drug-likeness (QED) is 0.772. The molecule has 0 aliphatic carbocycles. The predicted molar refractivity (Wildman–Crippen MR) is 79.9 cm³/mol. The van der Waals surface area contributed by atoms with Crippen molar-refractivity contribution in [2.24, 2.45) is 0 Å². The number of hydrogen-bond acceptors (Lipinski definition) is 4. The van der Waals surface area contributed by atoms with E-state index in [2.05, 4.69) is 10.6 Å². The Morgan fingerprint density at radius 1 is 1.55 bits per heavy atom. The van der Waals surface area contributed by atoms with E-state index < -0.39 is 0 Å². The SMILES string of the molecule is CN(C(=O)CCCNC(=O)c1ccsc1)C1CCNC1. The molecular formula is C14H21N3O2S. The third-order valence-electron chi connectivity index (χ3n) is 3.61. The van der Waals surface area contributed by atoms with Crippen LogP contribution in [0.4, 0.5) is 0 Å². The van der Waals surface area contributed by atoms with E-state index in [-0.39, 0.29) is 11.8 Å². The number of nitrogens with zero attached hydrogens (tertiary/aromatic N) is 1. The van der Waals surface area contributed by atoms with Crippen molar-refractivity contribution in [3.63, 3.8) is 0 Å². The molecule has 1 aliphatic rings. The van der Waals surface area contributed by atoms with Gasteiger partial charge in [-0.15, -0.1) is 0 Å². The van der Waals surface area contributed by atoms with Gasteiger partial charge in [0, 0.05) is 43.5 Å². The van der Waals surface area contributed by atoms with Crippen LogP contribution in [0.15, 0.2) is 16.8 Å². The van der Waals surface area contributed by atoms with E-state index in [0.29, 0.717) is 31.0 Å².